The summed E-state index contributed by atoms with van der Waals surface area (Å²) in [6.07, 6.45) is 1.70. The molecule has 1 aromatic rings. The van der Waals surface area contributed by atoms with E-state index in [1.165, 1.54) is 0 Å². The number of likely N-dealkylation sites (N-methyl/N-ethyl adjacent to an activating group) is 1. The lowest BCUT2D eigenvalue weighted by atomic mass is 9.86. The quantitative estimate of drug-likeness (QED) is 0.839. The van der Waals surface area contributed by atoms with Gasteiger partial charge in [0.1, 0.15) is 5.60 Å². The molecule has 1 heterocycles. The van der Waals surface area contributed by atoms with Crippen LogP contribution in [0.4, 0.5) is 0 Å². The second kappa shape index (κ2) is 4.53. The number of piperidine rings is 1. The van der Waals surface area contributed by atoms with E-state index < -0.39 is 5.60 Å². The Balaban J connectivity index is 2.37. The van der Waals surface area contributed by atoms with Crippen LogP contribution >= 0.6 is 23.2 Å². The van der Waals surface area contributed by atoms with Crippen molar-refractivity contribution in [1.29, 1.82) is 0 Å². The Bertz CT molecular complexity index is 397. The van der Waals surface area contributed by atoms with Crippen molar-refractivity contribution in [3.8, 4) is 0 Å². The Labute approximate surface area is 106 Å². The Morgan fingerprint density at radius 1 is 1.38 bits per heavy atom. The smallest absolute Gasteiger partial charge is 0.104 e. The van der Waals surface area contributed by atoms with Crippen molar-refractivity contribution in [1.82, 2.24) is 4.90 Å². The lowest BCUT2D eigenvalue weighted by molar-refractivity contribution is -0.0276. The number of benzene rings is 1. The molecule has 16 heavy (non-hydrogen) atoms. The molecule has 0 saturated carbocycles. The van der Waals surface area contributed by atoms with E-state index in [2.05, 4.69) is 4.90 Å². The van der Waals surface area contributed by atoms with Gasteiger partial charge < -0.3 is 10.0 Å². The summed E-state index contributed by atoms with van der Waals surface area (Å²) in [7, 11) is 2.00. The van der Waals surface area contributed by atoms with Crippen molar-refractivity contribution in [2.24, 2.45) is 0 Å². The van der Waals surface area contributed by atoms with Gasteiger partial charge in [0.15, 0.2) is 0 Å². The first-order valence-electron chi connectivity index (χ1n) is 5.38. The lowest BCUT2D eigenvalue weighted by Gasteiger charge is -2.38. The molecule has 1 unspecified atom stereocenters. The van der Waals surface area contributed by atoms with Crippen LogP contribution < -0.4 is 0 Å². The number of hydrogen-bond donors (Lipinski definition) is 1. The molecule has 1 aliphatic heterocycles. The highest BCUT2D eigenvalue weighted by atomic mass is 35.5. The number of rotatable bonds is 1. The van der Waals surface area contributed by atoms with E-state index in [0.29, 0.717) is 16.6 Å². The summed E-state index contributed by atoms with van der Waals surface area (Å²) >= 11 is 12.1. The molecule has 0 bridgehead atoms. The van der Waals surface area contributed by atoms with Gasteiger partial charge in [-0.3, -0.25) is 0 Å². The van der Waals surface area contributed by atoms with Crippen molar-refractivity contribution in [3.05, 3.63) is 33.8 Å². The minimum Gasteiger partial charge on any atom is -0.384 e. The van der Waals surface area contributed by atoms with Gasteiger partial charge in [-0.2, -0.15) is 0 Å². The van der Waals surface area contributed by atoms with Crippen LogP contribution in [0.3, 0.4) is 0 Å². The maximum absolute atomic E-state index is 10.6. The molecule has 0 radical (unpaired) electrons. The van der Waals surface area contributed by atoms with Crippen molar-refractivity contribution in [2.45, 2.75) is 18.4 Å². The molecular formula is C12H15Cl2NO. The van der Waals surface area contributed by atoms with Gasteiger partial charge in [-0.1, -0.05) is 23.2 Å². The van der Waals surface area contributed by atoms with Gasteiger partial charge in [0, 0.05) is 22.2 Å². The summed E-state index contributed by atoms with van der Waals surface area (Å²) in [5, 5.41) is 11.8. The Kier molecular flexibility index (Phi) is 3.45. The first-order chi connectivity index (χ1) is 7.51. The molecule has 1 saturated heterocycles. The van der Waals surface area contributed by atoms with E-state index in [0.717, 1.165) is 24.9 Å². The average molecular weight is 260 g/mol. The summed E-state index contributed by atoms with van der Waals surface area (Å²) in [4.78, 5) is 2.11. The molecule has 2 nitrogen and oxygen atoms in total. The molecule has 1 aromatic carbocycles. The van der Waals surface area contributed by atoms with E-state index in [9.17, 15) is 5.11 Å². The molecule has 0 spiro atoms. The third-order valence-electron chi connectivity index (χ3n) is 3.09. The minimum absolute atomic E-state index is 0.585. The Morgan fingerprint density at radius 3 is 2.81 bits per heavy atom. The molecule has 2 rings (SSSR count). The molecular weight excluding hydrogens is 245 g/mol. The summed E-state index contributed by atoms with van der Waals surface area (Å²) in [6.45, 7) is 1.62. The molecule has 0 amide bonds. The van der Waals surface area contributed by atoms with E-state index in [1.54, 1.807) is 18.2 Å². The van der Waals surface area contributed by atoms with Crippen LogP contribution in [0.15, 0.2) is 18.2 Å². The second-order valence-electron chi connectivity index (χ2n) is 4.50. The van der Waals surface area contributed by atoms with Gasteiger partial charge in [0.05, 0.1) is 0 Å². The van der Waals surface area contributed by atoms with Crippen LogP contribution in [0, 0.1) is 0 Å². The molecule has 1 aliphatic rings. The normalized spacial score (nSPS) is 27.0. The van der Waals surface area contributed by atoms with Crippen molar-refractivity contribution in [3.63, 3.8) is 0 Å². The first-order valence-corrected chi connectivity index (χ1v) is 6.13. The van der Waals surface area contributed by atoms with Gasteiger partial charge in [0.25, 0.3) is 0 Å². The van der Waals surface area contributed by atoms with Crippen LogP contribution in [-0.4, -0.2) is 30.1 Å². The van der Waals surface area contributed by atoms with E-state index in [4.69, 9.17) is 23.2 Å². The Morgan fingerprint density at radius 2 is 2.12 bits per heavy atom. The van der Waals surface area contributed by atoms with E-state index in [-0.39, 0.29) is 0 Å². The number of β-amino-alcohol motifs (C(OH)–C–C–N with tert-alkyl or cyclic N) is 1. The zero-order chi connectivity index (χ0) is 11.8. The highest BCUT2D eigenvalue weighted by Gasteiger charge is 2.35. The Hall–Kier alpha value is -0.280. The van der Waals surface area contributed by atoms with Gasteiger partial charge >= 0.3 is 0 Å². The molecule has 1 fully saturated rings. The molecule has 88 valence electrons. The average Bonchev–Trinajstić information content (AvgIpc) is 2.21. The van der Waals surface area contributed by atoms with Crippen LogP contribution in [0.5, 0.6) is 0 Å². The fourth-order valence-electron chi connectivity index (χ4n) is 2.32. The zero-order valence-electron chi connectivity index (χ0n) is 9.21. The summed E-state index contributed by atoms with van der Waals surface area (Å²) in [5.74, 6) is 0. The first kappa shape index (κ1) is 12.2. The number of likely N-dealkylation sites (tertiary alicyclic amines) is 1. The standard InChI is InChI=1S/C12H15Cl2NO/c1-15-6-2-5-12(16,8-15)10-7-9(13)3-4-11(10)14/h3-4,7,16H,2,5-6,8H2,1H3. The van der Waals surface area contributed by atoms with Crippen molar-refractivity contribution in [2.75, 3.05) is 20.1 Å². The van der Waals surface area contributed by atoms with Crippen molar-refractivity contribution < 1.29 is 5.11 Å². The van der Waals surface area contributed by atoms with Crippen LogP contribution in [0.25, 0.3) is 0 Å². The minimum atomic E-state index is -0.866. The van der Waals surface area contributed by atoms with Crippen LogP contribution in [0.2, 0.25) is 10.0 Å². The SMILES string of the molecule is CN1CCCC(O)(c2cc(Cl)ccc2Cl)C1. The van der Waals surface area contributed by atoms with Gasteiger partial charge in [-0.25, -0.2) is 0 Å². The number of nitrogens with zero attached hydrogens (tertiary/aromatic N) is 1. The lowest BCUT2D eigenvalue weighted by Crippen LogP contribution is -2.44. The molecule has 1 N–H and O–H groups in total. The fraction of sp³-hybridized carbons (Fsp3) is 0.500. The number of halogens is 2. The van der Waals surface area contributed by atoms with Gasteiger partial charge in [0.2, 0.25) is 0 Å². The predicted molar refractivity (Wildman–Crippen MR) is 67.1 cm³/mol. The second-order valence-corrected chi connectivity index (χ2v) is 5.34. The highest BCUT2D eigenvalue weighted by molar-refractivity contribution is 6.33. The maximum Gasteiger partial charge on any atom is 0.104 e. The van der Waals surface area contributed by atoms with E-state index in [1.807, 2.05) is 7.05 Å². The summed E-state index contributed by atoms with van der Waals surface area (Å²) in [5.41, 5.74) is -0.122. The number of hydrogen-bond acceptors (Lipinski definition) is 2. The van der Waals surface area contributed by atoms with Crippen LogP contribution in [-0.2, 0) is 5.60 Å². The zero-order valence-corrected chi connectivity index (χ0v) is 10.7. The molecule has 1 atom stereocenters. The summed E-state index contributed by atoms with van der Waals surface area (Å²) < 4.78 is 0. The summed E-state index contributed by atoms with van der Waals surface area (Å²) in [6, 6.07) is 5.25. The van der Waals surface area contributed by atoms with Crippen LogP contribution in [0.1, 0.15) is 18.4 Å². The van der Waals surface area contributed by atoms with Crippen molar-refractivity contribution >= 4 is 23.2 Å². The third-order valence-corrected chi connectivity index (χ3v) is 3.66. The van der Waals surface area contributed by atoms with Gasteiger partial charge in [-0.05, 0) is 44.6 Å². The fourth-order valence-corrected chi connectivity index (χ4v) is 2.79. The largest absolute Gasteiger partial charge is 0.384 e. The topological polar surface area (TPSA) is 23.5 Å². The van der Waals surface area contributed by atoms with Gasteiger partial charge in [-0.15, -0.1) is 0 Å². The number of aliphatic hydroxyl groups is 1. The maximum atomic E-state index is 10.6. The predicted octanol–water partition coefficient (Wildman–Crippen LogP) is 2.91. The molecule has 4 heteroatoms. The molecule has 0 aromatic heterocycles. The monoisotopic (exact) mass is 259 g/mol. The van der Waals surface area contributed by atoms with E-state index >= 15 is 0 Å². The highest BCUT2D eigenvalue weighted by Crippen LogP contribution is 2.36. The third kappa shape index (κ3) is 2.35. The molecule has 0 aliphatic carbocycles.